The van der Waals surface area contributed by atoms with Crippen LogP contribution < -0.4 is 16.4 Å². The molecule has 176 valence electrons. The first-order chi connectivity index (χ1) is 15.7. The van der Waals surface area contributed by atoms with Gasteiger partial charge in [-0.25, -0.2) is 4.79 Å². The van der Waals surface area contributed by atoms with Gasteiger partial charge in [0, 0.05) is 25.9 Å². The number of nitrogens with two attached hydrogens (primary N) is 1. The molecule has 4 amide bonds. The monoisotopic (exact) mass is 456 g/mol. The largest absolute Gasteiger partial charge is 0.480 e. The van der Waals surface area contributed by atoms with Gasteiger partial charge in [-0.15, -0.1) is 0 Å². The van der Waals surface area contributed by atoms with Gasteiger partial charge in [0.25, 0.3) is 5.91 Å². The molecule has 1 aromatic carbocycles. The van der Waals surface area contributed by atoms with Crippen molar-refractivity contribution < 1.29 is 29.1 Å². The van der Waals surface area contributed by atoms with E-state index in [0.717, 1.165) is 5.56 Å². The number of aliphatic carboxylic acids is 1. The van der Waals surface area contributed by atoms with Crippen molar-refractivity contribution >= 4 is 29.6 Å². The first-order valence-corrected chi connectivity index (χ1v) is 10.6. The van der Waals surface area contributed by atoms with Crippen LogP contribution in [-0.2, 0) is 30.4 Å². The van der Waals surface area contributed by atoms with Crippen molar-refractivity contribution in [3.63, 3.8) is 0 Å². The molecule has 0 saturated carbocycles. The zero-order valence-electron chi connectivity index (χ0n) is 18.4. The van der Waals surface area contributed by atoms with Gasteiger partial charge in [0.1, 0.15) is 12.1 Å². The van der Waals surface area contributed by atoms with Crippen LogP contribution in [0.5, 0.6) is 0 Å². The first kappa shape index (κ1) is 25.4. The van der Waals surface area contributed by atoms with Crippen LogP contribution in [0.25, 0.3) is 0 Å². The SMILES string of the molecule is CC#CC(=O)N1CC[C@H](C(=O)N[C@@H](Cc2ccccc2)C(=O)N[C@@H](CCC(N)=O)C(=O)O)C1. The molecule has 2 rings (SSSR count). The van der Waals surface area contributed by atoms with E-state index in [0.29, 0.717) is 13.0 Å². The Labute approximate surface area is 191 Å². The Balaban J connectivity index is 2.11. The van der Waals surface area contributed by atoms with Crippen LogP contribution >= 0.6 is 0 Å². The molecule has 0 aliphatic carbocycles. The van der Waals surface area contributed by atoms with Crippen molar-refractivity contribution in [1.29, 1.82) is 0 Å². The van der Waals surface area contributed by atoms with E-state index < -0.39 is 41.7 Å². The highest BCUT2D eigenvalue weighted by atomic mass is 16.4. The van der Waals surface area contributed by atoms with E-state index in [1.165, 1.54) is 4.90 Å². The number of nitrogens with one attached hydrogen (secondary N) is 2. The number of benzene rings is 1. The third-order valence-electron chi connectivity index (χ3n) is 5.29. The third-order valence-corrected chi connectivity index (χ3v) is 5.29. The van der Waals surface area contributed by atoms with Gasteiger partial charge in [0.15, 0.2) is 0 Å². The summed E-state index contributed by atoms with van der Waals surface area (Å²) in [6.45, 7) is 2.13. The van der Waals surface area contributed by atoms with Gasteiger partial charge in [-0.3, -0.25) is 19.2 Å². The molecule has 10 nitrogen and oxygen atoms in total. The number of rotatable bonds is 10. The molecule has 0 spiro atoms. The molecule has 1 aliphatic rings. The van der Waals surface area contributed by atoms with Crippen LogP contribution in [0, 0.1) is 17.8 Å². The minimum Gasteiger partial charge on any atom is -0.480 e. The smallest absolute Gasteiger partial charge is 0.326 e. The first-order valence-electron chi connectivity index (χ1n) is 10.6. The van der Waals surface area contributed by atoms with Crippen LogP contribution in [0.2, 0.25) is 0 Å². The van der Waals surface area contributed by atoms with E-state index in [2.05, 4.69) is 22.5 Å². The summed E-state index contributed by atoms with van der Waals surface area (Å²) in [6.07, 6.45) is 0.191. The summed E-state index contributed by atoms with van der Waals surface area (Å²) in [6, 6.07) is 6.58. The number of hydrogen-bond acceptors (Lipinski definition) is 5. The summed E-state index contributed by atoms with van der Waals surface area (Å²) >= 11 is 0. The predicted octanol–water partition coefficient (Wildman–Crippen LogP) is -0.579. The molecule has 33 heavy (non-hydrogen) atoms. The molecule has 3 atom stereocenters. The fourth-order valence-corrected chi connectivity index (χ4v) is 3.51. The highest BCUT2D eigenvalue weighted by Crippen LogP contribution is 2.17. The summed E-state index contributed by atoms with van der Waals surface area (Å²) < 4.78 is 0. The summed E-state index contributed by atoms with van der Waals surface area (Å²) in [4.78, 5) is 61.8. The topological polar surface area (TPSA) is 159 Å². The van der Waals surface area contributed by atoms with Crippen LogP contribution in [0.4, 0.5) is 0 Å². The molecule has 5 N–H and O–H groups in total. The Bertz CT molecular complexity index is 953. The molecule has 10 heteroatoms. The Hall–Kier alpha value is -3.87. The van der Waals surface area contributed by atoms with Crippen molar-refractivity contribution in [2.75, 3.05) is 13.1 Å². The van der Waals surface area contributed by atoms with E-state index in [4.69, 9.17) is 5.73 Å². The van der Waals surface area contributed by atoms with Gasteiger partial charge in [-0.2, -0.15) is 0 Å². The Kier molecular flexibility index (Phi) is 9.42. The lowest BCUT2D eigenvalue weighted by atomic mass is 10.0. The summed E-state index contributed by atoms with van der Waals surface area (Å²) in [7, 11) is 0. The number of carbonyl (C=O) groups excluding carboxylic acids is 4. The molecule has 0 bridgehead atoms. The Morgan fingerprint density at radius 1 is 1.15 bits per heavy atom. The molecule has 1 heterocycles. The minimum atomic E-state index is -1.33. The highest BCUT2D eigenvalue weighted by Gasteiger charge is 2.33. The standard InChI is InChI=1S/C23H28N4O6/c1-2-6-20(29)27-12-11-16(14-27)21(30)26-18(13-15-7-4-3-5-8-15)22(31)25-17(23(32)33)9-10-19(24)28/h3-5,7-8,16-18H,9-14H2,1H3,(H2,24,28)(H,25,31)(H,26,30)(H,32,33)/t16-,17-,18-/m0/s1. The van der Waals surface area contributed by atoms with E-state index in [1.54, 1.807) is 31.2 Å². The fourth-order valence-electron chi connectivity index (χ4n) is 3.51. The molecule has 1 fully saturated rings. The average Bonchev–Trinajstić information content (AvgIpc) is 3.27. The molecular formula is C23H28N4O6. The van der Waals surface area contributed by atoms with E-state index in [-0.39, 0.29) is 31.7 Å². The van der Waals surface area contributed by atoms with Crippen LogP contribution in [-0.4, -0.2) is 64.8 Å². The minimum absolute atomic E-state index is 0.136. The second-order valence-corrected chi connectivity index (χ2v) is 7.77. The van der Waals surface area contributed by atoms with Crippen LogP contribution in [0.1, 0.15) is 31.7 Å². The predicted molar refractivity (Wildman–Crippen MR) is 118 cm³/mol. The fraction of sp³-hybridized carbons (Fsp3) is 0.435. The second-order valence-electron chi connectivity index (χ2n) is 7.77. The third kappa shape index (κ3) is 7.96. The number of carboxylic acid groups (broad SMARTS) is 1. The van der Waals surface area contributed by atoms with E-state index >= 15 is 0 Å². The molecule has 0 aromatic heterocycles. The van der Waals surface area contributed by atoms with Gasteiger partial charge in [-0.1, -0.05) is 36.3 Å². The van der Waals surface area contributed by atoms with Crippen molar-refractivity contribution in [3.8, 4) is 11.8 Å². The van der Waals surface area contributed by atoms with Crippen molar-refractivity contribution in [1.82, 2.24) is 15.5 Å². The van der Waals surface area contributed by atoms with Gasteiger partial charge in [0.05, 0.1) is 5.92 Å². The molecule has 1 saturated heterocycles. The van der Waals surface area contributed by atoms with Gasteiger partial charge >= 0.3 is 5.97 Å². The lowest BCUT2D eigenvalue weighted by Crippen LogP contribution is -2.53. The molecular weight excluding hydrogens is 428 g/mol. The van der Waals surface area contributed by atoms with E-state index in [9.17, 15) is 29.1 Å². The average molecular weight is 456 g/mol. The number of hydrogen-bond donors (Lipinski definition) is 4. The van der Waals surface area contributed by atoms with Crippen LogP contribution in [0.3, 0.4) is 0 Å². The molecule has 1 aliphatic heterocycles. The van der Waals surface area contributed by atoms with Crippen molar-refractivity contribution in [2.45, 2.75) is 44.7 Å². The summed E-state index contributed by atoms with van der Waals surface area (Å²) in [5.41, 5.74) is 5.85. The van der Waals surface area contributed by atoms with Crippen molar-refractivity contribution in [2.24, 2.45) is 11.7 Å². The maximum absolute atomic E-state index is 12.9. The van der Waals surface area contributed by atoms with Gasteiger partial charge in [0.2, 0.25) is 17.7 Å². The quantitative estimate of drug-likeness (QED) is 0.345. The number of nitrogens with zero attached hydrogens (tertiary/aromatic N) is 1. The molecule has 0 unspecified atom stereocenters. The summed E-state index contributed by atoms with van der Waals surface area (Å²) in [5, 5.41) is 14.5. The lowest BCUT2D eigenvalue weighted by molar-refractivity contribution is -0.142. The van der Waals surface area contributed by atoms with Gasteiger partial charge in [-0.05, 0) is 31.2 Å². The zero-order valence-corrected chi connectivity index (χ0v) is 18.4. The molecule has 0 radical (unpaired) electrons. The normalized spacial score (nSPS) is 16.6. The van der Waals surface area contributed by atoms with E-state index in [1.807, 2.05) is 6.07 Å². The number of carboxylic acids is 1. The highest BCUT2D eigenvalue weighted by molar-refractivity contribution is 5.95. The maximum atomic E-state index is 12.9. The Morgan fingerprint density at radius 2 is 1.85 bits per heavy atom. The Morgan fingerprint density at radius 3 is 2.45 bits per heavy atom. The maximum Gasteiger partial charge on any atom is 0.326 e. The zero-order chi connectivity index (χ0) is 24.4. The number of likely N-dealkylation sites (tertiary alicyclic amines) is 1. The lowest BCUT2D eigenvalue weighted by Gasteiger charge is -2.23. The molecule has 1 aromatic rings. The van der Waals surface area contributed by atoms with Gasteiger partial charge < -0.3 is 26.4 Å². The summed E-state index contributed by atoms with van der Waals surface area (Å²) in [5.74, 6) is 1.03. The van der Waals surface area contributed by atoms with Crippen LogP contribution in [0.15, 0.2) is 30.3 Å². The number of amides is 4. The van der Waals surface area contributed by atoms with Crippen molar-refractivity contribution in [3.05, 3.63) is 35.9 Å². The second kappa shape index (κ2) is 12.2. The number of carbonyl (C=O) groups is 5. The number of primary amides is 1.